The molecule has 1 atom stereocenters. The molecule has 5 heteroatoms. The third kappa shape index (κ3) is 3.15. The van der Waals surface area contributed by atoms with Crippen LogP contribution in [0.4, 0.5) is 0 Å². The molecule has 0 fully saturated rings. The van der Waals surface area contributed by atoms with Crippen molar-refractivity contribution >= 4 is 17.2 Å². The van der Waals surface area contributed by atoms with Crippen LogP contribution in [-0.4, -0.2) is 17.4 Å². The average Bonchev–Trinajstić information content (AvgIpc) is 2.83. The Kier molecular flexibility index (Phi) is 4.07. The Bertz CT molecular complexity index is 524. The van der Waals surface area contributed by atoms with Crippen LogP contribution in [0.1, 0.15) is 26.3 Å². The van der Waals surface area contributed by atoms with E-state index in [2.05, 4.69) is 10.3 Å². The summed E-state index contributed by atoms with van der Waals surface area (Å²) in [7, 11) is 0. The number of nitrogens with one attached hydrogen (secondary N) is 1. The maximum atomic E-state index is 11.8. The summed E-state index contributed by atoms with van der Waals surface area (Å²) in [4.78, 5) is 16.5. The SMILES string of the molecule is Cc1ncc(C(=O)NCC(N)c2ccccc2)s1. The molecule has 0 aliphatic carbocycles. The van der Waals surface area contributed by atoms with Crippen molar-refractivity contribution in [3.63, 3.8) is 0 Å². The minimum Gasteiger partial charge on any atom is -0.349 e. The quantitative estimate of drug-likeness (QED) is 0.883. The Morgan fingerprint density at radius 1 is 1.44 bits per heavy atom. The molecule has 3 N–H and O–H groups in total. The van der Waals surface area contributed by atoms with Crippen LogP contribution in [0.25, 0.3) is 0 Å². The van der Waals surface area contributed by atoms with Crippen molar-refractivity contribution in [2.45, 2.75) is 13.0 Å². The lowest BCUT2D eigenvalue weighted by molar-refractivity contribution is 0.0955. The predicted octanol–water partition coefficient (Wildman–Crippen LogP) is 1.88. The third-order valence-electron chi connectivity index (χ3n) is 2.56. The summed E-state index contributed by atoms with van der Waals surface area (Å²) in [6.07, 6.45) is 1.59. The van der Waals surface area contributed by atoms with Gasteiger partial charge >= 0.3 is 0 Å². The molecule has 1 amide bonds. The van der Waals surface area contributed by atoms with E-state index in [4.69, 9.17) is 5.73 Å². The van der Waals surface area contributed by atoms with Gasteiger partial charge in [-0.1, -0.05) is 30.3 Å². The van der Waals surface area contributed by atoms with Crippen LogP contribution in [0.2, 0.25) is 0 Å². The highest BCUT2D eigenvalue weighted by atomic mass is 32.1. The smallest absolute Gasteiger partial charge is 0.263 e. The number of rotatable bonds is 4. The lowest BCUT2D eigenvalue weighted by Gasteiger charge is -2.12. The van der Waals surface area contributed by atoms with Crippen molar-refractivity contribution in [2.24, 2.45) is 5.73 Å². The van der Waals surface area contributed by atoms with Crippen molar-refractivity contribution in [2.75, 3.05) is 6.54 Å². The molecule has 0 saturated carbocycles. The van der Waals surface area contributed by atoms with E-state index < -0.39 is 0 Å². The van der Waals surface area contributed by atoms with Gasteiger partial charge in [0.15, 0.2) is 0 Å². The summed E-state index contributed by atoms with van der Waals surface area (Å²) in [5.74, 6) is -0.119. The molecule has 0 radical (unpaired) electrons. The molecule has 18 heavy (non-hydrogen) atoms. The number of benzene rings is 1. The molecule has 1 aromatic carbocycles. The van der Waals surface area contributed by atoms with Gasteiger partial charge in [-0.2, -0.15) is 0 Å². The predicted molar refractivity (Wildman–Crippen MR) is 72.6 cm³/mol. The largest absolute Gasteiger partial charge is 0.349 e. The van der Waals surface area contributed by atoms with E-state index in [1.54, 1.807) is 6.20 Å². The fourth-order valence-corrected chi connectivity index (χ4v) is 2.27. The molecule has 0 aliphatic rings. The van der Waals surface area contributed by atoms with Crippen LogP contribution in [0.15, 0.2) is 36.5 Å². The van der Waals surface area contributed by atoms with E-state index in [1.807, 2.05) is 37.3 Å². The van der Waals surface area contributed by atoms with Crippen LogP contribution in [0, 0.1) is 6.92 Å². The number of carbonyl (C=O) groups is 1. The second kappa shape index (κ2) is 5.75. The summed E-state index contributed by atoms with van der Waals surface area (Å²) in [6, 6.07) is 9.52. The number of nitrogens with zero attached hydrogens (tertiary/aromatic N) is 1. The highest BCUT2D eigenvalue weighted by molar-refractivity contribution is 7.13. The molecule has 4 nitrogen and oxygen atoms in total. The minimum absolute atomic E-state index is 0.119. The molecule has 2 aromatic rings. The first-order valence-electron chi connectivity index (χ1n) is 5.68. The van der Waals surface area contributed by atoms with Crippen molar-refractivity contribution in [1.29, 1.82) is 0 Å². The second-order valence-electron chi connectivity index (χ2n) is 3.97. The van der Waals surface area contributed by atoms with Gasteiger partial charge in [-0.25, -0.2) is 4.98 Å². The van der Waals surface area contributed by atoms with Crippen LogP contribution < -0.4 is 11.1 Å². The highest BCUT2D eigenvalue weighted by Gasteiger charge is 2.11. The van der Waals surface area contributed by atoms with Gasteiger partial charge in [0.2, 0.25) is 0 Å². The van der Waals surface area contributed by atoms with E-state index in [1.165, 1.54) is 11.3 Å². The van der Waals surface area contributed by atoms with E-state index in [-0.39, 0.29) is 11.9 Å². The minimum atomic E-state index is -0.191. The van der Waals surface area contributed by atoms with E-state index in [0.29, 0.717) is 11.4 Å². The van der Waals surface area contributed by atoms with E-state index >= 15 is 0 Å². The van der Waals surface area contributed by atoms with Gasteiger partial charge in [0.1, 0.15) is 4.88 Å². The number of hydrogen-bond donors (Lipinski definition) is 2. The number of nitrogens with two attached hydrogens (primary N) is 1. The van der Waals surface area contributed by atoms with Crippen molar-refractivity contribution in [1.82, 2.24) is 10.3 Å². The van der Waals surface area contributed by atoms with Crippen molar-refractivity contribution < 1.29 is 4.79 Å². The average molecular weight is 261 g/mol. The number of carbonyl (C=O) groups excluding carboxylic acids is 1. The number of hydrogen-bond acceptors (Lipinski definition) is 4. The monoisotopic (exact) mass is 261 g/mol. The first-order valence-corrected chi connectivity index (χ1v) is 6.49. The molecule has 0 aliphatic heterocycles. The van der Waals surface area contributed by atoms with Crippen LogP contribution in [0.5, 0.6) is 0 Å². The summed E-state index contributed by atoms with van der Waals surface area (Å²) < 4.78 is 0. The Hall–Kier alpha value is -1.72. The van der Waals surface area contributed by atoms with Gasteiger partial charge in [-0.15, -0.1) is 11.3 Å². The summed E-state index contributed by atoms with van der Waals surface area (Å²) >= 11 is 1.38. The molecular formula is C13H15N3OS. The molecule has 0 spiro atoms. The number of aromatic nitrogens is 1. The molecule has 94 valence electrons. The van der Waals surface area contributed by atoms with Crippen LogP contribution in [-0.2, 0) is 0 Å². The Balaban J connectivity index is 1.90. The van der Waals surface area contributed by atoms with E-state index in [0.717, 1.165) is 10.6 Å². The first kappa shape index (κ1) is 12.7. The van der Waals surface area contributed by atoms with Crippen molar-refractivity contribution in [3.8, 4) is 0 Å². The zero-order valence-corrected chi connectivity index (χ0v) is 10.9. The lowest BCUT2D eigenvalue weighted by atomic mass is 10.1. The summed E-state index contributed by atoms with van der Waals surface area (Å²) in [6.45, 7) is 2.29. The van der Waals surface area contributed by atoms with Crippen LogP contribution >= 0.6 is 11.3 Å². The zero-order chi connectivity index (χ0) is 13.0. The molecule has 0 bridgehead atoms. The fourth-order valence-electron chi connectivity index (χ4n) is 1.57. The van der Waals surface area contributed by atoms with Gasteiger partial charge < -0.3 is 11.1 Å². The highest BCUT2D eigenvalue weighted by Crippen LogP contribution is 2.12. The number of thiazole rings is 1. The zero-order valence-electron chi connectivity index (χ0n) is 10.1. The van der Waals surface area contributed by atoms with Gasteiger partial charge in [-0.3, -0.25) is 4.79 Å². The maximum absolute atomic E-state index is 11.8. The summed E-state index contributed by atoms with van der Waals surface area (Å²) in [5, 5.41) is 3.70. The topological polar surface area (TPSA) is 68.0 Å². The Labute approximate surface area is 110 Å². The number of aryl methyl sites for hydroxylation is 1. The van der Waals surface area contributed by atoms with Gasteiger partial charge in [0.25, 0.3) is 5.91 Å². The molecule has 2 rings (SSSR count). The third-order valence-corrected chi connectivity index (χ3v) is 3.47. The van der Waals surface area contributed by atoms with Gasteiger partial charge in [0.05, 0.1) is 11.2 Å². The van der Waals surface area contributed by atoms with Crippen molar-refractivity contribution in [3.05, 3.63) is 52.0 Å². The molecular weight excluding hydrogens is 246 g/mol. The lowest BCUT2D eigenvalue weighted by Crippen LogP contribution is -2.31. The van der Waals surface area contributed by atoms with E-state index in [9.17, 15) is 4.79 Å². The first-order chi connectivity index (χ1) is 8.66. The standard InChI is InChI=1S/C13H15N3OS/c1-9-15-8-12(18-9)13(17)16-7-11(14)10-5-3-2-4-6-10/h2-6,8,11H,7,14H2,1H3,(H,16,17). The van der Waals surface area contributed by atoms with Gasteiger partial charge in [-0.05, 0) is 12.5 Å². The summed E-state index contributed by atoms with van der Waals surface area (Å²) in [5.41, 5.74) is 7.01. The normalized spacial score (nSPS) is 12.1. The number of amides is 1. The fraction of sp³-hybridized carbons (Fsp3) is 0.231. The second-order valence-corrected chi connectivity index (χ2v) is 5.21. The molecule has 1 unspecified atom stereocenters. The molecule has 1 aromatic heterocycles. The Morgan fingerprint density at radius 3 is 2.78 bits per heavy atom. The maximum Gasteiger partial charge on any atom is 0.263 e. The van der Waals surface area contributed by atoms with Crippen LogP contribution in [0.3, 0.4) is 0 Å². The van der Waals surface area contributed by atoms with Gasteiger partial charge in [0, 0.05) is 12.6 Å². The molecule has 1 heterocycles. The molecule has 0 saturated heterocycles. The Morgan fingerprint density at radius 2 is 2.17 bits per heavy atom.